The second-order valence-electron chi connectivity index (χ2n) is 8.06. The molecule has 8 heteroatoms. The van der Waals surface area contributed by atoms with Crippen molar-refractivity contribution in [2.75, 3.05) is 5.32 Å². The first-order chi connectivity index (χ1) is 18.4. The Morgan fingerprint density at radius 2 is 1.58 bits per heavy atom. The maximum Gasteiger partial charge on any atom is 0.272 e. The van der Waals surface area contributed by atoms with E-state index in [0.717, 1.165) is 5.56 Å². The summed E-state index contributed by atoms with van der Waals surface area (Å²) in [5, 5.41) is 6.16. The molecule has 0 unspecified atom stereocenters. The fourth-order valence-corrected chi connectivity index (χ4v) is 3.84. The van der Waals surface area contributed by atoms with Crippen molar-refractivity contribution in [3.8, 4) is 0 Å². The SMILES string of the molecule is O=C(Nc1ccc(C(=O)/C=C/c2cccnc2)cc1)/C(=C/c1ccc(Cl)cc1Cl)NC(=O)c1ccccc1. The van der Waals surface area contributed by atoms with Crippen LogP contribution in [-0.2, 0) is 4.79 Å². The van der Waals surface area contributed by atoms with E-state index in [2.05, 4.69) is 15.6 Å². The summed E-state index contributed by atoms with van der Waals surface area (Å²) in [6.45, 7) is 0. The molecule has 1 heterocycles. The van der Waals surface area contributed by atoms with Crippen LogP contribution < -0.4 is 10.6 Å². The van der Waals surface area contributed by atoms with Crippen LogP contribution in [0.4, 0.5) is 5.69 Å². The highest BCUT2D eigenvalue weighted by Gasteiger charge is 2.16. The van der Waals surface area contributed by atoms with Gasteiger partial charge in [0.1, 0.15) is 5.70 Å². The highest BCUT2D eigenvalue weighted by molar-refractivity contribution is 6.35. The highest BCUT2D eigenvalue weighted by atomic mass is 35.5. The van der Waals surface area contributed by atoms with Gasteiger partial charge in [-0.2, -0.15) is 0 Å². The monoisotopic (exact) mass is 541 g/mol. The van der Waals surface area contributed by atoms with Crippen LogP contribution in [-0.4, -0.2) is 22.6 Å². The van der Waals surface area contributed by atoms with E-state index in [1.54, 1.807) is 97.3 Å². The summed E-state index contributed by atoms with van der Waals surface area (Å²) < 4.78 is 0. The molecule has 1 aromatic heterocycles. The van der Waals surface area contributed by atoms with Crippen LogP contribution >= 0.6 is 23.2 Å². The van der Waals surface area contributed by atoms with Gasteiger partial charge in [-0.25, -0.2) is 0 Å². The van der Waals surface area contributed by atoms with Crippen molar-refractivity contribution < 1.29 is 14.4 Å². The van der Waals surface area contributed by atoms with Crippen LogP contribution in [0.15, 0.2) is 109 Å². The fourth-order valence-electron chi connectivity index (χ4n) is 3.38. The second kappa shape index (κ2) is 12.6. The van der Waals surface area contributed by atoms with Crippen LogP contribution in [0.25, 0.3) is 12.2 Å². The van der Waals surface area contributed by atoms with Crippen LogP contribution in [0.3, 0.4) is 0 Å². The lowest BCUT2D eigenvalue weighted by molar-refractivity contribution is -0.113. The molecule has 3 aromatic carbocycles. The van der Waals surface area contributed by atoms with Crippen molar-refractivity contribution in [1.82, 2.24) is 10.3 Å². The Kier molecular flexibility index (Phi) is 8.82. The Morgan fingerprint density at radius 1 is 0.816 bits per heavy atom. The first-order valence-electron chi connectivity index (χ1n) is 11.5. The molecule has 2 amide bonds. The van der Waals surface area contributed by atoms with Crippen LogP contribution in [0.5, 0.6) is 0 Å². The molecule has 0 radical (unpaired) electrons. The highest BCUT2D eigenvalue weighted by Crippen LogP contribution is 2.23. The van der Waals surface area contributed by atoms with Crippen molar-refractivity contribution >= 4 is 58.6 Å². The van der Waals surface area contributed by atoms with E-state index in [9.17, 15) is 14.4 Å². The molecule has 188 valence electrons. The number of carbonyl (C=O) groups is 3. The lowest BCUT2D eigenvalue weighted by Crippen LogP contribution is -2.30. The molecular formula is C30H21Cl2N3O3. The van der Waals surface area contributed by atoms with Crippen molar-refractivity contribution in [2.24, 2.45) is 0 Å². The minimum absolute atomic E-state index is 0.0253. The number of nitrogens with one attached hydrogen (secondary N) is 2. The third kappa shape index (κ3) is 7.26. The lowest BCUT2D eigenvalue weighted by Gasteiger charge is -2.12. The predicted molar refractivity (Wildman–Crippen MR) is 151 cm³/mol. The van der Waals surface area contributed by atoms with Gasteiger partial charge in [0.2, 0.25) is 0 Å². The quantitative estimate of drug-likeness (QED) is 0.192. The number of allylic oxidation sites excluding steroid dienone is 1. The van der Waals surface area contributed by atoms with Crippen LogP contribution in [0.2, 0.25) is 10.0 Å². The largest absolute Gasteiger partial charge is 0.321 e. The normalized spacial score (nSPS) is 11.3. The van der Waals surface area contributed by atoms with E-state index in [-0.39, 0.29) is 11.5 Å². The Morgan fingerprint density at radius 3 is 2.26 bits per heavy atom. The molecule has 6 nitrogen and oxygen atoms in total. The maximum absolute atomic E-state index is 13.2. The molecule has 0 spiro atoms. The number of rotatable bonds is 8. The summed E-state index contributed by atoms with van der Waals surface area (Å²) in [5.41, 5.74) is 2.55. The van der Waals surface area contributed by atoms with Gasteiger partial charge in [0, 0.05) is 39.3 Å². The third-order valence-electron chi connectivity index (χ3n) is 5.33. The summed E-state index contributed by atoms with van der Waals surface area (Å²) in [6.07, 6.45) is 7.92. The number of ketones is 1. The molecular weight excluding hydrogens is 521 g/mol. The number of halogens is 2. The van der Waals surface area contributed by atoms with Crippen molar-refractivity contribution in [1.29, 1.82) is 0 Å². The predicted octanol–water partition coefficient (Wildman–Crippen LogP) is 6.69. The molecule has 0 saturated carbocycles. The number of pyridine rings is 1. The first-order valence-corrected chi connectivity index (χ1v) is 12.2. The van der Waals surface area contributed by atoms with Gasteiger partial charge in [-0.1, -0.05) is 53.5 Å². The second-order valence-corrected chi connectivity index (χ2v) is 8.90. The molecule has 0 aliphatic rings. The first kappa shape index (κ1) is 26.5. The Labute approximate surface area is 229 Å². The lowest BCUT2D eigenvalue weighted by atomic mass is 10.1. The fraction of sp³-hybridized carbons (Fsp3) is 0. The van der Waals surface area contributed by atoms with Crippen molar-refractivity contribution in [3.05, 3.63) is 141 Å². The third-order valence-corrected chi connectivity index (χ3v) is 5.89. The van der Waals surface area contributed by atoms with E-state index >= 15 is 0 Å². The number of anilines is 1. The van der Waals surface area contributed by atoms with Crippen molar-refractivity contribution in [2.45, 2.75) is 0 Å². The zero-order chi connectivity index (χ0) is 26.9. The number of aromatic nitrogens is 1. The van der Waals surface area contributed by atoms with Crippen molar-refractivity contribution in [3.63, 3.8) is 0 Å². The van der Waals surface area contributed by atoms with Crippen LogP contribution in [0.1, 0.15) is 31.8 Å². The molecule has 0 bridgehead atoms. The smallest absolute Gasteiger partial charge is 0.272 e. The summed E-state index contributed by atoms with van der Waals surface area (Å²) in [5.74, 6) is -1.23. The van der Waals surface area contributed by atoms with E-state index in [4.69, 9.17) is 23.2 Å². The van der Waals surface area contributed by atoms with E-state index in [0.29, 0.717) is 32.4 Å². The van der Waals surface area contributed by atoms with Gasteiger partial charge in [-0.3, -0.25) is 19.4 Å². The van der Waals surface area contributed by atoms with Gasteiger partial charge in [0.15, 0.2) is 5.78 Å². The molecule has 4 aromatic rings. The van der Waals surface area contributed by atoms with Gasteiger partial charge >= 0.3 is 0 Å². The summed E-state index contributed by atoms with van der Waals surface area (Å²) in [7, 11) is 0. The number of benzene rings is 3. The standard InChI is InChI=1S/C30H21Cl2N3O3/c31-24-12-9-23(26(32)18-24)17-27(35-29(37)22-6-2-1-3-7-22)30(38)34-25-13-10-21(11-14-25)28(36)15-8-20-5-4-16-33-19-20/h1-19H,(H,34,38)(H,35,37)/b15-8+,27-17-. The van der Waals surface area contributed by atoms with Gasteiger partial charge in [-0.15, -0.1) is 0 Å². The average Bonchev–Trinajstić information content (AvgIpc) is 2.94. The van der Waals surface area contributed by atoms with E-state index in [1.807, 2.05) is 6.07 Å². The summed E-state index contributed by atoms with van der Waals surface area (Å²) in [4.78, 5) is 42.5. The zero-order valence-corrected chi connectivity index (χ0v) is 21.4. The number of hydrogen-bond acceptors (Lipinski definition) is 4. The molecule has 0 aliphatic carbocycles. The zero-order valence-electron chi connectivity index (χ0n) is 19.9. The van der Waals surface area contributed by atoms with Gasteiger partial charge in [0.25, 0.3) is 11.8 Å². The Bertz CT molecular complexity index is 1520. The van der Waals surface area contributed by atoms with E-state index in [1.165, 1.54) is 12.2 Å². The maximum atomic E-state index is 13.2. The molecule has 0 saturated heterocycles. The topological polar surface area (TPSA) is 88.2 Å². The molecule has 0 fully saturated rings. The number of amides is 2. The summed E-state index contributed by atoms with van der Waals surface area (Å²) in [6, 6.07) is 23.4. The Balaban J connectivity index is 1.52. The van der Waals surface area contributed by atoms with Gasteiger partial charge in [0.05, 0.1) is 0 Å². The van der Waals surface area contributed by atoms with Gasteiger partial charge < -0.3 is 10.6 Å². The molecule has 2 N–H and O–H groups in total. The molecule has 0 aliphatic heterocycles. The summed E-state index contributed by atoms with van der Waals surface area (Å²) >= 11 is 12.3. The number of nitrogens with zero attached hydrogens (tertiary/aromatic N) is 1. The minimum Gasteiger partial charge on any atom is -0.321 e. The minimum atomic E-state index is -0.573. The molecule has 0 atom stereocenters. The number of carbonyl (C=O) groups excluding carboxylic acids is 3. The average molecular weight is 542 g/mol. The number of hydrogen-bond donors (Lipinski definition) is 2. The molecule has 38 heavy (non-hydrogen) atoms. The van der Waals surface area contributed by atoms with Crippen LogP contribution in [0, 0.1) is 0 Å². The molecule has 4 rings (SSSR count). The Hall–Kier alpha value is -4.52. The van der Waals surface area contributed by atoms with E-state index < -0.39 is 11.8 Å². The van der Waals surface area contributed by atoms with Gasteiger partial charge in [-0.05, 0) is 84.0 Å².